The summed E-state index contributed by atoms with van der Waals surface area (Å²) in [7, 11) is 1.65. The van der Waals surface area contributed by atoms with Crippen LogP contribution in [0.25, 0.3) is 0 Å². The molecular weight excluding hydrogens is 258 g/mol. The number of hydrazine groups is 1. The minimum Gasteiger partial charge on any atom is -0.445 e. The predicted octanol–water partition coefficient (Wildman–Crippen LogP) is 0.942. The second kappa shape index (κ2) is 6.91. The first-order valence-electron chi connectivity index (χ1n) is 6.63. The lowest BCUT2D eigenvalue weighted by Gasteiger charge is -2.34. The Balaban J connectivity index is 1.63. The average molecular weight is 277 g/mol. The molecule has 0 heterocycles. The van der Waals surface area contributed by atoms with Gasteiger partial charge in [0.25, 0.3) is 0 Å². The highest BCUT2D eigenvalue weighted by atomic mass is 16.5. The van der Waals surface area contributed by atoms with E-state index in [4.69, 9.17) is 4.74 Å². The van der Waals surface area contributed by atoms with Crippen molar-refractivity contribution < 1.29 is 14.3 Å². The molecule has 0 radical (unpaired) electrons. The van der Waals surface area contributed by atoms with E-state index in [9.17, 15) is 9.59 Å². The predicted molar refractivity (Wildman–Crippen MR) is 73.5 cm³/mol. The van der Waals surface area contributed by atoms with Crippen LogP contribution >= 0.6 is 0 Å². The van der Waals surface area contributed by atoms with Crippen molar-refractivity contribution in [1.82, 2.24) is 16.2 Å². The molecular formula is C14H19N3O3. The van der Waals surface area contributed by atoms with Crippen LogP contribution in [0, 0.1) is 5.92 Å². The lowest BCUT2D eigenvalue weighted by atomic mass is 9.80. The zero-order chi connectivity index (χ0) is 14.4. The fraction of sp³-hybridized carbons (Fsp3) is 0.429. The highest BCUT2D eigenvalue weighted by molar-refractivity contribution is 5.79. The molecule has 0 bridgehead atoms. The molecule has 3 N–H and O–H groups in total. The third kappa shape index (κ3) is 3.96. The summed E-state index contributed by atoms with van der Waals surface area (Å²) >= 11 is 0. The molecule has 0 unspecified atom stereocenters. The molecule has 108 valence electrons. The molecule has 1 saturated carbocycles. The molecule has 2 amide bonds. The maximum atomic E-state index is 11.6. The van der Waals surface area contributed by atoms with Crippen molar-refractivity contribution >= 4 is 12.0 Å². The molecule has 1 aliphatic carbocycles. The number of hydrogen-bond acceptors (Lipinski definition) is 4. The van der Waals surface area contributed by atoms with E-state index in [1.807, 2.05) is 30.3 Å². The number of amides is 2. The number of hydrogen-bond donors (Lipinski definition) is 3. The maximum absolute atomic E-state index is 11.6. The maximum Gasteiger partial charge on any atom is 0.407 e. The van der Waals surface area contributed by atoms with Crippen molar-refractivity contribution in [2.45, 2.75) is 25.5 Å². The number of benzene rings is 1. The van der Waals surface area contributed by atoms with Gasteiger partial charge in [0.15, 0.2) is 0 Å². The van der Waals surface area contributed by atoms with Crippen molar-refractivity contribution in [2.24, 2.45) is 5.92 Å². The molecule has 6 nitrogen and oxygen atoms in total. The van der Waals surface area contributed by atoms with Gasteiger partial charge in [-0.1, -0.05) is 30.3 Å². The second-order valence-electron chi connectivity index (χ2n) is 4.81. The molecule has 6 heteroatoms. The number of carbonyl (C=O) groups is 2. The first kappa shape index (κ1) is 14.3. The van der Waals surface area contributed by atoms with Gasteiger partial charge in [0.05, 0.1) is 0 Å². The minimum atomic E-state index is -0.439. The van der Waals surface area contributed by atoms with E-state index in [2.05, 4.69) is 16.2 Å². The van der Waals surface area contributed by atoms with E-state index < -0.39 is 6.09 Å². The summed E-state index contributed by atoms with van der Waals surface area (Å²) in [5.74, 6) is -0.0786. The smallest absolute Gasteiger partial charge is 0.407 e. The van der Waals surface area contributed by atoms with Gasteiger partial charge in [-0.05, 0) is 18.4 Å². The molecule has 0 aliphatic heterocycles. The Bertz CT molecular complexity index is 458. The molecule has 0 saturated heterocycles. The van der Waals surface area contributed by atoms with Gasteiger partial charge >= 0.3 is 6.09 Å². The summed E-state index contributed by atoms with van der Waals surface area (Å²) in [6.45, 7) is 0.253. The number of rotatable bonds is 5. The second-order valence-corrected chi connectivity index (χ2v) is 4.81. The number of ether oxygens (including phenoxy) is 1. The molecule has 1 fully saturated rings. The number of carbonyl (C=O) groups excluding carboxylic acids is 2. The van der Waals surface area contributed by atoms with Gasteiger partial charge in [-0.3, -0.25) is 10.2 Å². The Morgan fingerprint density at radius 1 is 1.25 bits per heavy atom. The monoisotopic (exact) mass is 277 g/mol. The van der Waals surface area contributed by atoms with Crippen LogP contribution < -0.4 is 16.2 Å². The Hall–Kier alpha value is -2.08. The summed E-state index contributed by atoms with van der Waals surface area (Å²) in [6.07, 6.45) is 0.855. The Morgan fingerprint density at radius 2 is 1.95 bits per heavy atom. The Labute approximate surface area is 117 Å². The number of alkyl carbamates (subject to hydrolysis) is 1. The lowest BCUT2D eigenvalue weighted by molar-refractivity contribution is -0.129. The van der Waals surface area contributed by atoms with Crippen molar-refractivity contribution in [3.8, 4) is 0 Å². The fourth-order valence-corrected chi connectivity index (χ4v) is 2.11. The fourth-order valence-electron chi connectivity index (χ4n) is 2.11. The van der Waals surface area contributed by atoms with Crippen LogP contribution in [0.2, 0.25) is 0 Å². The molecule has 0 aromatic heterocycles. The van der Waals surface area contributed by atoms with Crippen molar-refractivity contribution in [3.05, 3.63) is 35.9 Å². The normalized spacial score (nSPS) is 20.6. The highest BCUT2D eigenvalue weighted by Gasteiger charge is 2.35. The van der Waals surface area contributed by atoms with Crippen LogP contribution in [0.5, 0.6) is 0 Å². The number of nitrogens with one attached hydrogen (secondary N) is 3. The zero-order valence-corrected chi connectivity index (χ0v) is 11.4. The van der Waals surface area contributed by atoms with E-state index in [1.165, 1.54) is 0 Å². The summed E-state index contributed by atoms with van der Waals surface area (Å²) < 4.78 is 5.11. The van der Waals surface area contributed by atoms with Gasteiger partial charge in [0, 0.05) is 19.0 Å². The third-order valence-electron chi connectivity index (χ3n) is 3.29. The third-order valence-corrected chi connectivity index (χ3v) is 3.29. The van der Waals surface area contributed by atoms with E-state index in [0.717, 1.165) is 5.56 Å². The summed E-state index contributed by atoms with van der Waals surface area (Å²) in [5, 5.41) is 2.75. The van der Waals surface area contributed by atoms with Gasteiger partial charge in [-0.2, -0.15) is 0 Å². The summed E-state index contributed by atoms with van der Waals surface area (Å²) in [4.78, 5) is 23.0. The van der Waals surface area contributed by atoms with Gasteiger partial charge in [-0.15, -0.1) is 0 Å². The van der Waals surface area contributed by atoms with Crippen LogP contribution in [-0.2, 0) is 16.1 Å². The minimum absolute atomic E-state index is 0.0193. The molecule has 1 aromatic carbocycles. The first-order valence-corrected chi connectivity index (χ1v) is 6.63. The van der Waals surface area contributed by atoms with Crippen LogP contribution in [-0.4, -0.2) is 25.1 Å². The van der Waals surface area contributed by atoms with Crippen LogP contribution in [0.4, 0.5) is 4.79 Å². The van der Waals surface area contributed by atoms with E-state index >= 15 is 0 Å². The molecule has 1 aromatic rings. The van der Waals surface area contributed by atoms with Gasteiger partial charge in [0.1, 0.15) is 6.61 Å². The first-order chi connectivity index (χ1) is 9.69. The summed E-state index contributed by atoms with van der Waals surface area (Å²) in [5.41, 5.74) is 6.08. The average Bonchev–Trinajstić information content (AvgIpc) is 2.41. The van der Waals surface area contributed by atoms with Gasteiger partial charge < -0.3 is 10.1 Å². The zero-order valence-electron chi connectivity index (χ0n) is 11.4. The van der Waals surface area contributed by atoms with Crippen molar-refractivity contribution in [3.63, 3.8) is 0 Å². The van der Waals surface area contributed by atoms with E-state index in [1.54, 1.807) is 7.05 Å². The molecule has 0 atom stereocenters. The molecule has 0 spiro atoms. The van der Waals surface area contributed by atoms with Crippen LogP contribution in [0.1, 0.15) is 18.4 Å². The molecule has 2 rings (SSSR count). The highest BCUT2D eigenvalue weighted by Crippen LogP contribution is 2.27. The Morgan fingerprint density at radius 3 is 2.60 bits per heavy atom. The van der Waals surface area contributed by atoms with Crippen molar-refractivity contribution in [1.29, 1.82) is 0 Å². The Kier molecular flexibility index (Phi) is 4.95. The van der Waals surface area contributed by atoms with Gasteiger partial charge in [-0.25, -0.2) is 10.2 Å². The van der Waals surface area contributed by atoms with Crippen LogP contribution in [0.3, 0.4) is 0 Å². The topological polar surface area (TPSA) is 79.5 Å². The summed E-state index contributed by atoms with van der Waals surface area (Å²) in [6, 6.07) is 9.52. The van der Waals surface area contributed by atoms with E-state index in [-0.39, 0.29) is 24.5 Å². The van der Waals surface area contributed by atoms with Crippen LogP contribution in [0.15, 0.2) is 30.3 Å². The quantitative estimate of drug-likeness (QED) is 0.700. The van der Waals surface area contributed by atoms with Gasteiger partial charge in [0.2, 0.25) is 5.91 Å². The molecule has 20 heavy (non-hydrogen) atoms. The SMILES string of the molecule is CNNC(=O)[C@H]1C[C@H](NC(=O)OCc2ccccc2)C1. The largest absolute Gasteiger partial charge is 0.445 e. The standard InChI is InChI=1S/C14H19N3O3/c1-15-17-13(18)11-7-12(8-11)16-14(19)20-9-10-5-3-2-4-6-10/h2-6,11-12,15H,7-9H2,1H3,(H,16,19)(H,17,18)/t11-,12-. The molecule has 1 aliphatic rings. The van der Waals surface area contributed by atoms with E-state index in [0.29, 0.717) is 12.8 Å². The van der Waals surface area contributed by atoms with Crippen molar-refractivity contribution in [2.75, 3.05) is 7.05 Å². The lowest BCUT2D eigenvalue weighted by Crippen LogP contribution is -2.51.